The second kappa shape index (κ2) is 5.26. The van der Waals surface area contributed by atoms with Gasteiger partial charge in [-0.15, -0.1) is 0 Å². The molecular formula is C16H16F7N. The first-order chi connectivity index (χ1) is 11.0. The minimum atomic E-state index is -6.08. The Morgan fingerprint density at radius 1 is 0.958 bits per heavy atom. The molecule has 0 aromatic heterocycles. The number of benzene rings is 1. The molecule has 2 aliphatic rings. The smallest absolute Gasteiger partial charge is 0.374 e. The van der Waals surface area contributed by atoms with E-state index < -0.39 is 23.6 Å². The number of hydrogen-bond donors (Lipinski definition) is 0. The Bertz CT molecular complexity index is 620. The number of hydrogen-bond acceptors (Lipinski definition) is 1. The predicted molar refractivity (Wildman–Crippen MR) is 74.7 cm³/mol. The third-order valence-electron chi connectivity index (χ3n) is 5.19. The average Bonchev–Trinajstić information content (AvgIpc) is 2.92. The molecule has 1 aliphatic carbocycles. The lowest BCUT2D eigenvalue weighted by Crippen LogP contribution is -2.50. The van der Waals surface area contributed by atoms with Crippen molar-refractivity contribution >= 4 is 5.69 Å². The summed E-state index contributed by atoms with van der Waals surface area (Å²) in [7, 11) is 1.61. The van der Waals surface area contributed by atoms with Crippen molar-refractivity contribution < 1.29 is 30.7 Å². The van der Waals surface area contributed by atoms with Crippen molar-refractivity contribution in [2.75, 3.05) is 18.5 Å². The van der Waals surface area contributed by atoms with Crippen molar-refractivity contribution in [2.45, 2.75) is 43.2 Å². The number of halogens is 7. The van der Waals surface area contributed by atoms with Crippen molar-refractivity contribution in [3.8, 4) is 0 Å². The molecule has 1 fully saturated rings. The monoisotopic (exact) mass is 355 g/mol. The van der Waals surface area contributed by atoms with Crippen LogP contribution in [-0.4, -0.2) is 25.9 Å². The van der Waals surface area contributed by atoms with E-state index in [-0.39, 0.29) is 11.6 Å². The van der Waals surface area contributed by atoms with Gasteiger partial charge in [-0.05, 0) is 36.3 Å². The zero-order valence-corrected chi connectivity index (χ0v) is 12.8. The maximum Gasteiger partial charge on any atom is 0.435 e. The van der Waals surface area contributed by atoms with E-state index in [1.807, 2.05) is 0 Å². The standard InChI is InChI=1S/C16H16F7N/c1-24-8-9-3-2-4-11(9)12-6-5-10(7-13(12)24)14(17,15(18,19)20)16(21,22)23/h5-7,9,11H,2-4,8H2,1H3. The van der Waals surface area contributed by atoms with Gasteiger partial charge in [0.1, 0.15) is 0 Å². The molecule has 0 bridgehead atoms. The molecule has 24 heavy (non-hydrogen) atoms. The molecule has 1 aromatic rings. The van der Waals surface area contributed by atoms with Gasteiger partial charge in [-0.3, -0.25) is 0 Å². The fourth-order valence-electron chi connectivity index (χ4n) is 4.01. The van der Waals surface area contributed by atoms with Gasteiger partial charge in [0, 0.05) is 24.8 Å². The minimum Gasteiger partial charge on any atom is -0.374 e. The van der Waals surface area contributed by atoms with Crippen LogP contribution in [0.4, 0.5) is 36.4 Å². The Morgan fingerprint density at radius 3 is 2.17 bits per heavy atom. The summed E-state index contributed by atoms with van der Waals surface area (Å²) in [5.41, 5.74) is -5.82. The highest BCUT2D eigenvalue weighted by Crippen LogP contribution is 2.55. The Balaban J connectivity index is 2.12. The molecule has 3 rings (SSSR count). The van der Waals surface area contributed by atoms with Crippen LogP contribution in [0.5, 0.6) is 0 Å². The fourth-order valence-corrected chi connectivity index (χ4v) is 4.01. The van der Waals surface area contributed by atoms with Crippen LogP contribution >= 0.6 is 0 Å². The molecule has 0 spiro atoms. The molecule has 0 amide bonds. The average molecular weight is 355 g/mol. The lowest BCUT2D eigenvalue weighted by Gasteiger charge is -2.38. The van der Waals surface area contributed by atoms with Crippen molar-refractivity contribution in [1.82, 2.24) is 0 Å². The lowest BCUT2D eigenvalue weighted by molar-refractivity contribution is -0.348. The Hall–Kier alpha value is -1.47. The topological polar surface area (TPSA) is 3.24 Å². The van der Waals surface area contributed by atoms with Gasteiger partial charge in [0.25, 0.3) is 0 Å². The number of alkyl halides is 7. The Morgan fingerprint density at radius 2 is 1.58 bits per heavy atom. The summed E-state index contributed by atoms with van der Waals surface area (Å²) in [6, 6.07) is 2.58. The SMILES string of the molecule is CN1CC2CCCC2c2ccc(C(F)(C(F)(F)F)C(F)(F)F)cc21. The summed E-state index contributed by atoms with van der Waals surface area (Å²) in [4.78, 5) is 1.62. The number of nitrogens with zero attached hydrogens (tertiary/aromatic N) is 1. The van der Waals surface area contributed by atoms with Crippen LogP contribution in [0.25, 0.3) is 0 Å². The van der Waals surface area contributed by atoms with Gasteiger partial charge in [0.05, 0.1) is 0 Å². The Labute approximate surface area is 134 Å². The molecule has 1 nitrogen and oxygen atoms in total. The van der Waals surface area contributed by atoms with E-state index in [0.29, 0.717) is 30.2 Å². The van der Waals surface area contributed by atoms with Gasteiger partial charge < -0.3 is 4.90 Å². The maximum atomic E-state index is 14.2. The molecule has 1 saturated carbocycles. The van der Waals surface area contributed by atoms with Gasteiger partial charge in [0.2, 0.25) is 0 Å². The number of fused-ring (bicyclic) bond motifs is 3. The summed E-state index contributed by atoms with van der Waals surface area (Å²) in [6.45, 7) is 0.554. The summed E-state index contributed by atoms with van der Waals surface area (Å²) >= 11 is 0. The third kappa shape index (κ3) is 2.37. The van der Waals surface area contributed by atoms with Crippen molar-refractivity contribution in [3.05, 3.63) is 29.3 Å². The molecule has 0 saturated heterocycles. The predicted octanol–water partition coefficient (Wildman–Crippen LogP) is 5.31. The third-order valence-corrected chi connectivity index (χ3v) is 5.19. The molecule has 0 N–H and O–H groups in total. The van der Waals surface area contributed by atoms with Gasteiger partial charge >= 0.3 is 18.0 Å². The van der Waals surface area contributed by atoms with Crippen LogP contribution in [0.15, 0.2) is 18.2 Å². The van der Waals surface area contributed by atoms with Crippen molar-refractivity contribution in [1.29, 1.82) is 0 Å². The van der Waals surface area contributed by atoms with E-state index >= 15 is 0 Å². The van der Waals surface area contributed by atoms with Crippen LogP contribution < -0.4 is 4.90 Å². The first-order valence-corrected chi connectivity index (χ1v) is 7.64. The van der Waals surface area contributed by atoms with E-state index in [2.05, 4.69) is 0 Å². The largest absolute Gasteiger partial charge is 0.435 e. The highest BCUT2D eigenvalue weighted by Gasteiger charge is 2.73. The minimum absolute atomic E-state index is 0.121. The molecule has 1 aliphatic heterocycles. The van der Waals surface area contributed by atoms with Gasteiger partial charge in [-0.25, -0.2) is 4.39 Å². The van der Waals surface area contributed by atoms with Crippen LogP contribution in [0, 0.1) is 5.92 Å². The summed E-state index contributed by atoms with van der Waals surface area (Å²) in [5.74, 6) is 0.463. The molecule has 8 heteroatoms. The van der Waals surface area contributed by atoms with Gasteiger partial charge in [-0.1, -0.05) is 18.6 Å². The summed E-state index contributed by atoms with van der Waals surface area (Å²) in [6.07, 6.45) is -9.35. The number of anilines is 1. The van der Waals surface area contributed by atoms with Crippen molar-refractivity contribution in [2.24, 2.45) is 5.92 Å². The molecular weight excluding hydrogens is 339 g/mol. The van der Waals surface area contributed by atoms with Gasteiger partial charge in [-0.2, -0.15) is 26.3 Å². The van der Waals surface area contributed by atoms with Crippen LogP contribution in [-0.2, 0) is 5.67 Å². The van der Waals surface area contributed by atoms with Crippen LogP contribution in [0.3, 0.4) is 0 Å². The van der Waals surface area contributed by atoms with E-state index in [9.17, 15) is 30.7 Å². The molecule has 2 atom stereocenters. The first-order valence-electron chi connectivity index (χ1n) is 7.64. The molecule has 1 heterocycles. The molecule has 134 valence electrons. The van der Waals surface area contributed by atoms with Gasteiger partial charge in [0.15, 0.2) is 0 Å². The molecule has 1 aromatic carbocycles. The summed E-state index contributed by atoms with van der Waals surface area (Å²) < 4.78 is 91.8. The first kappa shape index (κ1) is 17.4. The fraction of sp³-hybridized carbons (Fsp3) is 0.625. The van der Waals surface area contributed by atoms with Crippen LogP contribution in [0.2, 0.25) is 0 Å². The quantitative estimate of drug-likeness (QED) is 0.617. The zero-order chi connectivity index (χ0) is 17.9. The second-order valence-corrected chi connectivity index (χ2v) is 6.61. The van der Waals surface area contributed by atoms with E-state index in [4.69, 9.17) is 0 Å². The maximum absolute atomic E-state index is 14.2. The van der Waals surface area contributed by atoms with E-state index in [0.717, 1.165) is 19.3 Å². The molecule has 0 radical (unpaired) electrons. The normalized spacial score (nSPS) is 24.8. The van der Waals surface area contributed by atoms with E-state index in [1.54, 1.807) is 11.9 Å². The zero-order valence-electron chi connectivity index (χ0n) is 12.8. The lowest BCUT2D eigenvalue weighted by atomic mass is 9.82. The second-order valence-electron chi connectivity index (χ2n) is 6.61. The van der Waals surface area contributed by atoms with Crippen molar-refractivity contribution in [3.63, 3.8) is 0 Å². The molecule has 2 unspecified atom stereocenters. The number of rotatable bonds is 1. The highest BCUT2D eigenvalue weighted by atomic mass is 19.4. The Kier molecular flexibility index (Phi) is 3.80. The highest BCUT2D eigenvalue weighted by molar-refractivity contribution is 5.60. The van der Waals surface area contributed by atoms with E-state index in [1.165, 1.54) is 6.07 Å². The summed E-state index contributed by atoms with van der Waals surface area (Å²) in [5, 5.41) is 0. The van der Waals surface area contributed by atoms with Crippen LogP contribution in [0.1, 0.15) is 36.3 Å².